The van der Waals surface area contributed by atoms with E-state index in [1.807, 2.05) is 6.07 Å². The number of aryl methyl sites for hydroxylation is 1. The maximum Gasteiger partial charge on any atom is 0.273 e. The van der Waals surface area contributed by atoms with Gasteiger partial charge in [0.15, 0.2) is 5.69 Å². The molecule has 0 bridgehead atoms. The number of amides is 1. The van der Waals surface area contributed by atoms with Crippen molar-refractivity contribution in [3.05, 3.63) is 64.4 Å². The lowest BCUT2D eigenvalue weighted by atomic mass is 9.64. The number of nitrogens with zero attached hydrogens (tertiary/aromatic N) is 1. The van der Waals surface area contributed by atoms with Crippen molar-refractivity contribution in [3.8, 4) is 0 Å². The molecule has 36 heavy (non-hydrogen) atoms. The first-order valence-electron chi connectivity index (χ1n) is 14.1. The van der Waals surface area contributed by atoms with Gasteiger partial charge in [-0.25, -0.2) is 4.39 Å². The van der Waals surface area contributed by atoms with Crippen LogP contribution in [0, 0.1) is 11.8 Å². The Hall–Kier alpha value is -1.98. The molecule has 3 heterocycles. The van der Waals surface area contributed by atoms with Crippen LogP contribution >= 0.6 is 11.6 Å². The lowest BCUT2D eigenvalue weighted by Gasteiger charge is -2.47. The van der Waals surface area contributed by atoms with E-state index in [1.54, 1.807) is 0 Å². The van der Waals surface area contributed by atoms with Crippen molar-refractivity contribution >= 4 is 17.5 Å². The van der Waals surface area contributed by atoms with Gasteiger partial charge in [0.25, 0.3) is 5.15 Å². The van der Waals surface area contributed by atoms with E-state index in [4.69, 9.17) is 11.6 Å². The first kappa shape index (κ1) is 24.4. The Labute approximate surface area is 219 Å². The lowest BCUT2D eigenvalue weighted by molar-refractivity contribution is -0.640. The number of carbonyl (C=O) groups excluding carboxylic acids is 1. The molecule has 1 saturated carbocycles. The number of rotatable bonds is 3. The summed E-state index contributed by atoms with van der Waals surface area (Å²) >= 11 is 6.31. The Morgan fingerprint density at radius 1 is 1.08 bits per heavy atom. The lowest BCUT2D eigenvalue weighted by Crippen LogP contribution is -2.82. The molecule has 3 fully saturated rings. The van der Waals surface area contributed by atoms with Gasteiger partial charge in [-0.05, 0) is 86.4 Å². The molecule has 1 spiro atoms. The van der Waals surface area contributed by atoms with Crippen molar-refractivity contribution in [3.63, 3.8) is 0 Å². The van der Waals surface area contributed by atoms with E-state index in [0.29, 0.717) is 35.7 Å². The van der Waals surface area contributed by atoms with E-state index in [2.05, 4.69) is 51.6 Å². The second kappa shape index (κ2) is 10.1. The normalized spacial score (nSPS) is 34.5. The van der Waals surface area contributed by atoms with Crippen LogP contribution < -0.4 is 10.3 Å². The Kier molecular flexibility index (Phi) is 6.81. The summed E-state index contributed by atoms with van der Waals surface area (Å²) in [5.74, 6) is 1.20. The molecule has 1 amide bonds. The maximum atomic E-state index is 14.5. The monoisotopic (exact) mass is 511 g/mol. The van der Waals surface area contributed by atoms with Gasteiger partial charge in [0.2, 0.25) is 5.91 Å². The summed E-state index contributed by atoms with van der Waals surface area (Å²) in [6.07, 6.45) is 7.56. The highest BCUT2D eigenvalue weighted by Gasteiger charge is 2.56. The minimum Gasteiger partial charge on any atom is -0.345 e. The topological polar surface area (TPSA) is 51.1 Å². The van der Waals surface area contributed by atoms with E-state index in [0.717, 1.165) is 64.6 Å². The van der Waals surface area contributed by atoms with Gasteiger partial charge in [-0.2, -0.15) is 4.98 Å². The predicted octanol–water partition coefficient (Wildman–Crippen LogP) is 4.22. The van der Waals surface area contributed by atoms with Crippen molar-refractivity contribution in [1.29, 1.82) is 0 Å². The number of halogens is 2. The van der Waals surface area contributed by atoms with Crippen molar-refractivity contribution in [2.75, 3.05) is 19.6 Å². The summed E-state index contributed by atoms with van der Waals surface area (Å²) in [5.41, 5.74) is 3.78. The quantitative estimate of drug-likeness (QED) is 0.616. The number of likely N-dealkylation sites (tertiary alicyclic amines) is 1. The molecule has 192 valence electrons. The van der Waals surface area contributed by atoms with Crippen LogP contribution in [-0.2, 0) is 16.6 Å². The van der Waals surface area contributed by atoms with Crippen molar-refractivity contribution < 1.29 is 19.5 Å². The molecule has 2 aliphatic heterocycles. The Morgan fingerprint density at radius 2 is 1.89 bits per heavy atom. The molecule has 0 radical (unpaired) electrons. The zero-order chi connectivity index (χ0) is 24.7. The number of alkyl halides is 1. The average Bonchev–Trinajstić information content (AvgIpc) is 3.32. The molecule has 1 aromatic heterocycles. The number of quaternary nitrogens is 1. The van der Waals surface area contributed by atoms with Crippen LogP contribution in [0.2, 0.25) is 5.15 Å². The Balaban J connectivity index is 1.30. The van der Waals surface area contributed by atoms with Crippen LogP contribution in [0.5, 0.6) is 0 Å². The number of aromatic nitrogens is 1. The number of benzene rings is 1. The minimum atomic E-state index is -0.673. The SMILES string of the molecule is O=C(C1C[NH2+]C[C@]12CCCc1[nH+]c(Cl)ccc12)N1CC[C@@H](c2ccccc2)C[C@H]1C1CCC(F)CC1. The van der Waals surface area contributed by atoms with E-state index in [1.165, 1.54) is 16.8 Å². The molecular formula is C30H39ClFN3O+2. The molecule has 1 aromatic carbocycles. The molecule has 4 aliphatic rings. The van der Waals surface area contributed by atoms with Crippen LogP contribution in [0.15, 0.2) is 42.5 Å². The van der Waals surface area contributed by atoms with Crippen LogP contribution in [0.1, 0.15) is 74.1 Å². The van der Waals surface area contributed by atoms with Gasteiger partial charge in [0.1, 0.15) is 12.1 Å². The zero-order valence-electron chi connectivity index (χ0n) is 21.1. The number of nitrogens with one attached hydrogen (secondary N) is 1. The van der Waals surface area contributed by atoms with Crippen molar-refractivity contribution in [2.24, 2.45) is 11.8 Å². The fraction of sp³-hybridized carbons (Fsp3) is 0.600. The first-order valence-corrected chi connectivity index (χ1v) is 14.5. The average molecular weight is 512 g/mol. The molecule has 2 saturated heterocycles. The summed E-state index contributed by atoms with van der Waals surface area (Å²) in [7, 11) is 0. The van der Waals surface area contributed by atoms with Crippen LogP contribution in [0.25, 0.3) is 0 Å². The third kappa shape index (κ3) is 4.36. The third-order valence-corrected chi connectivity index (χ3v) is 10.1. The van der Waals surface area contributed by atoms with E-state index in [9.17, 15) is 9.18 Å². The van der Waals surface area contributed by atoms with Gasteiger partial charge in [-0.1, -0.05) is 30.3 Å². The summed E-state index contributed by atoms with van der Waals surface area (Å²) in [4.78, 5) is 20.2. The summed E-state index contributed by atoms with van der Waals surface area (Å²) in [6.45, 7) is 2.62. The van der Waals surface area contributed by atoms with E-state index in [-0.39, 0.29) is 17.4 Å². The highest BCUT2D eigenvalue weighted by Crippen LogP contribution is 2.46. The number of carbonyl (C=O) groups is 1. The molecule has 6 heteroatoms. The van der Waals surface area contributed by atoms with Crippen LogP contribution in [0.3, 0.4) is 0 Å². The van der Waals surface area contributed by atoms with Gasteiger partial charge in [0.05, 0.1) is 18.5 Å². The zero-order valence-corrected chi connectivity index (χ0v) is 21.9. The molecular weight excluding hydrogens is 473 g/mol. The number of hydrogen-bond acceptors (Lipinski definition) is 1. The summed E-state index contributed by atoms with van der Waals surface area (Å²) in [6, 6.07) is 15.1. The number of aromatic amines is 1. The molecule has 3 N–H and O–H groups in total. The smallest absolute Gasteiger partial charge is 0.273 e. The highest BCUT2D eigenvalue weighted by atomic mass is 35.5. The standard InChI is InChI=1S/C30H37ClFN3O/c31-28-13-12-24-26(34-28)7-4-15-30(24)19-33-18-25(30)29(36)35-16-14-22(20-5-2-1-3-6-20)17-27(35)21-8-10-23(32)11-9-21/h1-3,5-6,12-13,21-23,25,27,33H,4,7-11,14-19H2/p+2/t21?,22-,23?,25?,27+,30+/m1/s1. The summed E-state index contributed by atoms with van der Waals surface area (Å²) < 4.78 is 14.1. The van der Waals surface area contributed by atoms with Gasteiger partial charge >= 0.3 is 0 Å². The Morgan fingerprint density at radius 3 is 2.69 bits per heavy atom. The largest absolute Gasteiger partial charge is 0.345 e. The summed E-state index contributed by atoms with van der Waals surface area (Å²) in [5, 5.41) is 3.02. The van der Waals surface area contributed by atoms with Crippen LogP contribution in [-0.4, -0.2) is 42.7 Å². The number of pyridine rings is 1. The van der Waals surface area contributed by atoms with Crippen molar-refractivity contribution in [2.45, 2.75) is 81.3 Å². The third-order valence-electron chi connectivity index (χ3n) is 9.90. The van der Waals surface area contributed by atoms with E-state index < -0.39 is 6.17 Å². The molecule has 6 rings (SSSR count). The van der Waals surface area contributed by atoms with Gasteiger partial charge in [-0.15, -0.1) is 0 Å². The van der Waals surface area contributed by atoms with Crippen molar-refractivity contribution in [1.82, 2.24) is 4.90 Å². The number of H-pyrrole nitrogens is 1. The van der Waals surface area contributed by atoms with E-state index >= 15 is 0 Å². The van der Waals surface area contributed by atoms with Gasteiger partial charge < -0.3 is 10.2 Å². The fourth-order valence-electron chi connectivity index (χ4n) is 8.09. The number of nitrogens with two attached hydrogens (primary N) is 1. The highest BCUT2D eigenvalue weighted by molar-refractivity contribution is 6.28. The predicted molar refractivity (Wildman–Crippen MR) is 139 cm³/mol. The number of hydrogen-bond donors (Lipinski definition) is 1. The molecule has 4 nitrogen and oxygen atoms in total. The maximum absolute atomic E-state index is 14.5. The number of fused-ring (bicyclic) bond motifs is 2. The molecule has 1 unspecified atom stereocenters. The molecule has 2 aromatic rings. The van der Waals surface area contributed by atoms with Crippen LogP contribution in [0.4, 0.5) is 4.39 Å². The van der Waals surface area contributed by atoms with Gasteiger partial charge in [0, 0.05) is 30.6 Å². The second-order valence-electron chi connectivity index (χ2n) is 11.7. The number of piperidine rings is 1. The first-order chi connectivity index (χ1) is 17.5. The minimum absolute atomic E-state index is 0.0144. The molecule has 2 aliphatic carbocycles. The second-order valence-corrected chi connectivity index (χ2v) is 12.1. The fourth-order valence-corrected chi connectivity index (χ4v) is 8.26. The van der Waals surface area contributed by atoms with Gasteiger partial charge in [-0.3, -0.25) is 4.79 Å². The Bertz CT molecular complexity index is 1090. The molecule has 4 atom stereocenters.